The van der Waals surface area contributed by atoms with Crippen LogP contribution in [-0.2, 0) is 6.42 Å². The lowest BCUT2D eigenvalue weighted by Crippen LogP contribution is -2.46. The minimum Gasteiger partial charge on any atom is -0.461 e. The highest BCUT2D eigenvalue weighted by Crippen LogP contribution is 2.45. The Bertz CT molecular complexity index is 1740. The normalized spacial score (nSPS) is 29.1. The van der Waals surface area contributed by atoms with Crippen LogP contribution in [0.3, 0.4) is 0 Å². The van der Waals surface area contributed by atoms with Crippen LogP contribution < -0.4 is 9.64 Å². The zero-order chi connectivity index (χ0) is 29.5. The number of halogens is 2. The zero-order valence-corrected chi connectivity index (χ0v) is 24.7. The number of aromatic nitrogens is 5. The number of rotatable bonds is 5. The van der Waals surface area contributed by atoms with E-state index in [0.29, 0.717) is 43.7 Å². The molecule has 6 heterocycles. The van der Waals surface area contributed by atoms with E-state index in [1.807, 2.05) is 11.8 Å². The SMILES string of the molecule is C[C@H]1CCc2cc3[nH]ncc3c(-c3ncc4c(N5CCC[C@@](C)(O)C5)nc(OC[C@@]56CCCN5C[C@H](F)C6)nc4c3F)c21. The van der Waals surface area contributed by atoms with Crippen molar-refractivity contribution < 1.29 is 18.6 Å². The van der Waals surface area contributed by atoms with Crippen molar-refractivity contribution in [2.45, 2.75) is 82.0 Å². The van der Waals surface area contributed by atoms with Crippen molar-refractivity contribution in [2.24, 2.45) is 0 Å². The lowest BCUT2D eigenvalue weighted by molar-refractivity contribution is 0.0447. The Morgan fingerprint density at radius 3 is 2.88 bits per heavy atom. The highest BCUT2D eigenvalue weighted by molar-refractivity contribution is 6.00. The van der Waals surface area contributed by atoms with Gasteiger partial charge >= 0.3 is 6.01 Å². The number of fused-ring (bicyclic) bond motifs is 4. The number of anilines is 1. The first-order valence-electron chi connectivity index (χ1n) is 15.6. The van der Waals surface area contributed by atoms with Gasteiger partial charge in [-0.05, 0) is 75.1 Å². The predicted molar refractivity (Wildman–Crippen MR) is 160 cm³/mol. The molecule has 226 valence electrons. The van der Waals surface area contributed by atoms with Gasteiger partial charge in [0.15, 0.2) is 5.82 Å². The molecular weight excluding hydrogens is 552 g/mol. The molecule has 8 rings (SSSR count). The molecule has 2 N–H and O–H groups in total. The molecule has 0 radical (unpaired) electrons. The Balaban J connectivity index is 1.27. The number of nitrogens with zero attached hydrogens (tertiary/aromatic N) is 6. The fourth-order valence-corrected chi connectivity index (χ4v) is 8.25. The van der Waals surface area contributed by atoms with E-state index in [2.05, 4.69) is 33.1 Å². The number of aromatic amines is 1. The summed E-state index contributed by atoms with van der Waals surface area (Å²) in [4.78, 5) is 18.3. The molecular formula is C32H37F2N7O2. The minimum absolute atomic E-state index is 0.0624. The molecule has 3 fully saturated rings. The summed E-state index contributed by atoms with van der Waals surface area (Å²) in [6.07, 6.45) is 8.14. The fourth-order valence-electron chi connectivity index (χ4n) is 8.25. The van der Waals surface area contributed by atoms with Crippen molar-refractivity contribution >= 4 is 27.6 Å². The van der Waals surface area contributed by atoms with Crippen LogP contribution in [0.1, 0.15) is 69.4 Å². The number of pyridine rings is 1. The van der Waals surface area contributed by atoms with Gasteiger partial charge in [0, 0.05) is 43.2 Å². The van der Waals surface area contributed by atoms with Gasteiger partial charge in [0.2, 0.25) is 0 Å². The highest BCUT2D eigenvalue weighted by Gasteiger charge is 2.49. The first-order valence-corrected chi connectivity index (χ1v) is 15.6. The Hall–Kier alpha value is -3.44. The van der Waals surface area contributed by atoms with E-state index in [9.17, 15) is 9.50 Å². The maximum absolute atomic E-state index is 16.9. The van der Waals surface area contributed by atoms with Crippen LogP contribution in [0.5, 0.6) is 6.01 Å². The number of β-amino-alcohol motifs (C(OH)–C–C–N with tert-alkyl or cyclic N) is 1. The summed E-state index contributed by atoms with van der Waals surface area (Å²) in [7, 11) is 0. The molecule has 11 heteroatoms. The van der Waals surface area contributed by atoms with E-state index in [-0.39, 0.29) is 35.3 Å². The third kappa shape index (κ3) is 4.37. The second kappa shape index (κ2) is 9.79. The molecule has 0 unspecified atom stereocenters. The molecule has 0 amide bonds. The van der Waals surface area contributed by atoms with Crippen LogP contribution in [0.15, 0.2) is 18.5 Å². The van der Waals surface area contributed by atoms with Gasteiger partial charge in [-0.3, -0.25) is 15.0 Å². The number of benzene rings is 1. The van der Waals surface area contributed by atoms with E-state index in [1.54, 1.807) is 12.4 Å². The molecule has 3 aromatic heterocycles. The summed E-state index contributed by atoms with van der Waals surface area (Å²) < 4.78 is 37.6. The van der Waals surface area contributed by atoms with Crippen LogP contribution in [0.4, 0.5) is 14.6 Å². The van der Waals surface area contributed by atoms with Crippen LogP contribution in [0, 0.1) is 5.82 Å². The minimum atomic E-state index is -0.903. The summed E-state index contributed by atoms with van der Waals surface area (Å²) >= 11 is 0. The van der Waals surface area contributed by atoms with Gasteiger partial charge in [-0.15, -0.1) is 0 Å². The number of aliphatic hydroxyl groups is 1. The molecule has 4 atom stereocenters. The smallest absolute Gasteiger partial charge is 0.319 e. The molecule has 43 heavy (non-hydrogen) atoms. The number of hydrogen-bond donors (Lipinski definition) is 2. The molecule has 3 saturated heterocycles. The number of nitrogens with one attached hydrogen (secondary N) is 1. The zero-order valence-electron chi connectivity index (χ0n) is 24.7. The maximum Gasteiger partial charge on any atom is 0.319 e. The van der Waals surface area contributed by atoms with Gasteiger partial charge in [-0.2, -0.15) is 15.1 Å². The average Bonchev–Trinajstić information content (AvgIpc) is 3.74. The Labute approximate surface area is 248 Å². The molecule has 0 spiro atoms. The molecule has 0 saturated carbocycles. The number of alkyl halides is 1. The van der Waals surface area contributed by atoms with Gasteiger partial charge in [0.25, 0.3) is 0 Å². The maximum atomic E-state index is 16.9. The van der Waals surface area contributed by atoms with Gasteiger partial charge in [0.05, 0.1) is 28.2 Å². The fraction of sp³-hybridized carbons (Fsp3) is 0.562. The van der Waals surface area contributed by atoms with E-state index in [4.69, 9.17) is 14.7 Å². The van der Waals surface area contributed by atoms with E-state index >= 15 is 4.39 Å². The summed E-state index contributed by atoms with van der Waals surface area (Å²) in [5.41, 5.74) is 2.99. The third-order valence-electron chi connectivity index (χ3n) is 10.3. The lowest BCUT2D eigenvalue weighted by atomic mass is 9.91. The van der Waals surface area contributed by atoms with E-state index in [0.717, 1.165) is 60.7 Å². The molecule has 1 aliphatic carbocycles. The number of hydrogen-bond acceptors (Lipinski definition) is 8. The molecule has 4 aromatic rings. The van der Waals surface area contributed by atoms with Gasteiger partial charge in [0.1, 0.15) is 29.8 Å². The Morgan fingerprint density at radius 1 is 1.16 bits per heavy atom. The van der Waals surface area contributed by atoms with Crippen LogP contribution >= 0.6 is 0 Å². The van der Waals surface area contributed by atoms with Crippen molar-refractivity contribution in [3.8, 4) is 17.3 Å². The quantitative estimate of drug-likeness (QED) is 0.333. The highest BCUT2D eigenvalue weighted by atomic mass is 19.1. The van der Waals surface area contributed by atoms with Gasteiger partial charge in [-0.25, -0.2) is 8.78 Å². The van der Waals surface area contributed by atoms with Gasteiger partial charge < -0.3 is 14.7 Å². The van der Waals surface area contributed by atoms with Gasteiger partial charge in [-0.1, -0.05) is 6.92 Å². The average molecular weight is 590 g/mol. The predicted octanol–water partition coefficient (Wildman–Crippen LogP) is 5.06. The molecule has 1 aromatic carbocycles. The number of ether oxygens (including phenoxy) is 1. The van der Waals surface area contributed by atoms with Crippen LogP contribution in [0.25, 0.3) is 33.1 Å². The monoisotopic (exact) mass is 589 g/mol. The van der Waals surface area contributed by atoms with Crippen molar-refractivity contribution in [2.75, 3.05) is 37.7 Å². The van der Waals surface area contributed by atoms with Crippen molar-refractivity contribution in [1.82, 2.24) is 30.0 Å². The van der Waals surface area contributed by atoms with Crippen molar-refractivity contribution in [1.29, 1.82) is 0 Å². The summed E-state index contributed by atoms with van der Waals surface area (Å²) in [5, 5.41) is 19.5. The van der Waals surface area contributed by atoms with Crippen LogP contribution in [-0.4, -0.2) is 85.3 Å². The summed E-state index contributed by atoms with van der Waals surface area (Å²) in [6.45, 7) is 6.50. The first-order chi connectivity index (χ1) is 20.7. The summed E-state index contributed by atoms with van der Waals surface area (Å²) in [5.74, 6) is 0.222. The third-order valence-corrected chi connectivity index (χ3v) is 10.3. The second-order valence-electron chi connectivity index (χ2n) is 13.5. The van der Waals surface area contributed by atoms with Crippen molar-refractivity contribution in [3.63, 3.8) is 0 Å². The topological polar surface area (TPSA) is 103 Å². The molecule has 0 bridgehead atoms. The van der Waals surface area contributed by atoms with E-state index < -0.39 is 17.6 Å². The van der Waals surface area contributed by atoms with Crippen molar-refractivity contribution in [3.05, 3.63) is 35.4 Å². The molecule has 3 aliphatic heterocycles. The lowest BCUT2D eigenvalue weighted by Gasteiger charge is -2.38. The standard InChI is InChI=1S/C32H37F2N7O2/c1-18-5-6-19-11-23-21(14-36-39-23)25(24(18)19)28-26(34)27-22(13-35-28)29(40-9-3-7-31(2,42)16-40)38-30(37-27)43-17-32-8-4-10-41(32)15-20(33)12-32/h11,13-14,18,20,42H,3-10,12,15-17H2,1-2H3,(H,36,39)/t18-,20+,31+,32-/m0/s1. The molecule has 9 nitrogen and oxygen atoms in total. The summed E-state index contributed by atoms with van der Waals surface area (Å²) in [6, 6.07) is 2.18. The largest absolute Gasteiger partial charge is 0.461 e. The van der Waals surface area contributed by atoms with Crippen LogP contribution in [0.2, 0.25) is 0 Å². The number of aryl methyl sites for hydroxylation is 1. The van der Waals surface area contributed by atoms with E-state index in [1.165, 1.54) is 5.56 Å². The Kier molecular flexibility index (Phi) is 6.17. The number of H-pyrrole nitrogens is 1. The molecule has 4 aliphatic rings. The second-order valence-corrected chi connectivity index (χ2v) is 13.5. The first kappa shape index (κ1) is 27.1. The number of piperidine rings is 1. The Morgan fingerprint density at radius 2 is 2.02 bits per heavy atom.